The second kappa shape index (κ2) is 8.51. The number of aryl methyl sites for hydroxylation is 1. The van der Waals surface area contributed by atoms with E-state index in [0.717, 1.165) is 23.3 Å². The zero-order valence-corrected chi connectivity index (χ0v) is 12.8. The lowest BCUT2D eigenvalue weighted by atomic mass is 10.1. The molecule has 2 rings (SSSR count). The molecule has 0 aliphatic heterocycles. The van der Waals surface area contributed by atoms with Crippen LogP contribution in [0.5, 0.6) is 5.75 Å². The Morgan fingerprint density at radius 1 is 1.14 bits per heavy atom. The number of rotatable bonds is 8. The Morgan fingerprint density at radius 3 is 2.64 bits per heavy atom. The van der Waals surface area contributed by atoms with Gasteiger partial charge < -0.3 is 15.2 Å². The number of aliphatic hydroxyl groups is 1. The lowest BCUT2D eigenvalue weighted by Crippen LogP contribution is -2.26. The van der Waals surface area contributed by atoms with Crippen molar-refractivity contribution in [3.63, 3.8) is 0 Å². The second-order valence-electron chi connectivity index (χ2n) is 5.30. The van der Waals surface area contributed by atoms with Gasteiger partial charge in [0.2, 0.25) is 0 Å². The first-order chi connectivity index (χ1) is 10.7. The third kappa shape index (κ3) is 5.47. The van der Waals surface area contributed by atoms with Crippen molar-refractivity contribution < 1.29 is 14.2 Å². The summed E-state index contributed by atoms with van der Waals surface area (Å²) in [6.45, 7) is 1.21. The highest BCUT2D eigenvalue weighted by molar-refractivity contribution is 5.28. The van der Waals surface area contributed by atoms with Crippen molar-refractivity contribution in [3.05, 3.63) is 65.5 Å². The fraction of sp³-hybridized carbons (Fsp3) is 0.333. The summed E-state index contributed by atoms with van der Waals surface area (Å²) in [5.74, 6) is 0.598. The molecule has 0 fully saturated rings. The first-order valence-corrected chi connectivity index (χ1v) is 7.43. The molecule has 0 saturated heterocycles. The van der Waals surface area contributed by atoms with Gasteiger partial charge in [-0.15, -0.1) is 0 Å². The number of halogens is 1. The molecule has 0 unspecified atom stereocenters. The van der Waals surface area contributed by atoms with Crippen LogP contribution >= 0.6 is 0 Å². The fourth-order valence-corrected chi connectivity index (χ4v) is 2.25. The number of methoxy groups -OCH3 is 1. The minimum atomic E-state index is -0.421. The van der Waals surface area contributed by atoms with E-state index in [-0.39, 0.29) is 5.82 Å². The Labute approximate surface area is 130 Å². The molecule has 0 saturated carbocycles. The summed E-state index contributed by atoms with van der Waals surface area (Å²) in [5, 5.41) is 13.2. The summed E-state index contributed by atoms with van der Waals surface area (Å²) in [5.41, 5.74) is 2.15. The first-order valence-electron chi connectivity index (χ1n) is 7.43. The number of aliphatic hydroxyl groups excluding tert-OH is 1. The van der Waals surface area contributed by atoms with Gasteiger partial charge in [0.25, 0.3) is 0 Å². The van der Waals surface area contributed by atoms with Crippen molar-refractivity contribution in [2.75, 3.05) is 13.7 Å². The SMILES string of the molecule is COc1cccc(CNC[C@H](O)CCc2ccc(F)cc2)c1. The smallest absolute Gasteiger partial charge is 0.123 e. The van der Waals surface area contributed by atoms with Gasteiger partial charge >= 0.3 is 0 Å². The Hall–Kier alpha value is -1.91. The largest absolute Gasteiger partial charge is 0.497 e. The van der Waals surface area contributed by atoms with Crippen LogP contribution in [0, 0.1) is 5.82 Å². The molecule has 0 aliphatic rings. The summed E-state index contributed by atoms with van der Waals surface area (Å²) in [7, 11) is 1.64. The zero-order valence-electron chi connectivity index (χ0n) is 12.8. The lowest BCUT2D eigenvalue weighted by molar-refractivity contribution is 0.161. The molecule has 0 aliphatic carbocycles. The van der Waals surface area contributed by atoms with Gasteiger partial charge in [-0.1, -0.05) is 24.3 Å². The Balaban J connectivity index is 1.69. The van der Waals surface area contributed by atoms with E-state index >= 15 is 0 Å². The molecular formula is C18H22FNO2. The van der Waals surface area contributed by atoms with Crippen molar-refractivity contribution in [2.45, 2.75) is 25.5 Å². The van der Waals surface area contributed by atoms with E-state index in [1.165, 1.54) is 12.1 Å². The third-order valence-electron chi connectivity index (χ3n) is 3.52. The molecule has 2 aromatic carbocycles. The van der Waals surface area contributed by atoms with Gasteiger partial charge in [-0.25, -0.2) is 4.39 Å². The standard InChI is InChI=1S/C18H22FNO2/c1-22-18-4-2-3-15(11-18)12-20-13-17(21)10-7-14-5-8-16(19)9-6-14/h2-6,8-9,11,17,20-21H,7,10,12-13H2,1H3/t17-/m1/s1. The molecule has 1 atom stereocenters. The number of nitrogens with one attached hydrogen (secondary N) is 1. The van der Waals surface area contributed by atoms with Gasteiger partial charge in [0.15, 0.2) is 0 Å². The lowest BCUT2D eigenvalue weighted by Gasteiger charge is -2.12. The van der Waals surface area contributed by atoms with Gasteiger partial charge in [-0.2, -0.15) is 0 Å². The number of ether oxygens (including phenoxy) is 1. The molecule has 2 aromatic rings. The summed E-state index contributed by atoms with van der Waals surface area (Å²) in [6, 6.07) is 14.2. The Bertz CT molecular complexity index is 572. The molecule has 0 spiro atoms. The van der Waals surface area contributed by atoms with Gasteiger partial charge in [-0.3, -0.25) is 0 Å². The minimum Gasteiger partial charge on any atom is -0.497 e. The van der Waals surface area contributed by atoms with Crippen molar-refractivity contribution in [1.29, 1.82) is 0 Å². The normalized spacial score (nSPS) is 12.1. The van der Waals surface area contributed by atoms with Gasteiger partial charge in [0.05, 0.1) is 13.2 Å². The highest BCUT2D eigenvalue weighted by Crippen LogP contribution is 2.12. The van der Waals surface area contributed by atoms with Crippen LogP contribution in [0.4, 0.5) is 4.39 Å². The molecule has 0 radical (unpaired) electrons. The van der Waals surface area contributed by atoms with Gasteiger partial charge in [0, 0.05) is 13.1 Å². The molecule has 2 N–H and O–H groups in total. The number of hydrogen-bond donors (Lipinski definition) is 2. The summed E-state index contributed by atoms with van der Waals surface area (Å²) in [4.78, 5) is 0. The topological polar surface area (TPSA) is 41.5 Å². The quantitative estimate of drug-likeness (QED) is 0.788. The van der Waals surface area contributed by atoms with Gasteiger partial charge in [-0.05, 0) is 48.2 Å². The molecule has 0 bridgehead atoms. The van der Waals surface area contributed by atoms with Crippen molar-refractivity contribution in [1.82, 2.24) is 5.32 Å². The van der Waals surface area contributed by atoms with E-state index in [0.29, 0.717) is 19.5 Å². The van der Waals surface area contributed by atoms with Crippen molar-refractivity contribution in [3.8, 4) is 5.75 Å². The van der Waals surface area contributed by atoms with E-state index in [1.807, 2.05) is 24.3 Å². The molecular weight excluding hydrogens is 281 g/mol. The van der Waals surface area contributed by atoms with Gasteiger partial charge in [0.1, 0.15) is 11.6 Å². The second-order valence-corrected chi connectivity index (χ2v) is 5.30. The monoisotopic (exact) mass is 303 g/mol. The maximum atomic E-state index is 12.8. The minimum absolute atomic E-state index is 0.232. The molecule has 118 valence electrons. The Morgan fingerprint density at radius 2 is 1.91 bits per heavy atom. The van der Waals surface area contributed by atoms with Crippen LogP contribution in [0.15, 0.2) is 48.5 Å². The molecule has 3 nitrogen and oxygen atoms in total. The highest BCUT2D eigenvalue weighted by atomic mass is 19.1. The zero-order chi connectivity index (χ0) is 15.8. The first kappa shape index (κ1) is 16.5. The summed E-state index contributed by atoms with van der Waals surface area (Å²) in [6.07, 6.45) is 0.967. The predicted octanol–water partition coefficient (Wildman–Crippen LogP) is 2.92. The molecule has 0 amide bonds. The average molecular weight is 303 g/mol. The van der Waals surface area contributed by atoms with E-state index in [4.69, 9.17) is 4.74 Å². The average Bonchev–Trinajstić information content (AvgIpc) is 2.54. The van der Waals surface area contributed by atoms with Crippen LogP contribution < -0.4 is 10.1 Å². The van der Waals surface area contributed by atoms with Crippen molar-refractivity contribution in [2.24, 2.45) is 0 Å². The molecule has 4 heteroatoms. The number of benzene rings is 2. The molecule has 0 aromatic heterocycles. The van der Waals surface area contributed by atoms with E-state index in [1.54, 1.807) is 19.2 Å². The van der Waals surface area contributed by atoms with Crippen LogP contribution in [0.25, 0.3) is 0 Å². The van der Waals surface area contributed by atoms with E-state index in [9.17, 15) is 9.50 Å². The fourth-order valence-electron chi connectivity index (χ4n) is 2.25. The summed E-state index contributed by atoms with van der Waals surface area (Å²) >= 11 is 0. The van der Waals surface area contributed by atoms with Crippen molar-refractivity contribution >= 4 is 0 Å². The van der Waals surface area contributed by atoms with Crippen LogP contribution in [-0.2, 0) is 13.0 Å². The molecule has 0 heterocycles. The summed E-state index contributed by atoms with van der Waals surface area (Å²) < 4.78 is 18.0. The van der Waals surface area contributed by atoms with Crippen LogP contribution in [0.2, 0.25) is 0 Å². The maximum Gasteiger partial charge on any atom is 0.123 e. The maximum absolute atomic E-state index is 12.8. The third-order valence-corrected chi connectivity index (χ3v) is 3.52. The van der Waals surface area contributed by atoms with Crippen LogP contribution in [-0.4, -0.2) is 24.9 Å². The highest BCUT2D eigenvalue weighted by Gasteiger charge is 2.05. The predicted molar refractivity (Wildman–Crippen MR) is 85.4 cm³/mol. The molecule has 22 heavy (non-hydrogen) atoms. The van der Waals surface area contributed by atoms with E-state index < -0.39 is 6.10 Å². The van der Waals surface area contributed by atoms with E-state index in [2.05, 4.69) is 5.32 Å². The van der Waals surface area contributed by atoms with Crippen LogP contribution in [0.3, 0.4) is 0 Å². The Kier molecular flexibility index (Phi) is 6.37. The number of hydrogen-bond acceptors (Lipinski definition) is 3. The van der Waals surface area contributed by atoms with Crippen LogP contribution in [0.1, 0.15) is 17.5 Å².